The summed E-state index contributed by atoms with van der Waals surface area (Å²) in [5.74, 6) is -0.788. The molecule has 106 valence electrons. The molecule has 0 aromatic rings. The van der Waals surface area contributed by atoms with Crippen molar-refractivity contribution in [3.05, 3.63) is 0 Å². The summed E-state index contributed by atoms with van der Waals surface area (Å²) in [6.07, 6.45) is -0.841. The second kappa shape index (κ2) is 5.81. The van der Waals surface area contributed by atoms with Crippen LogP contribution in [0.15, 0.2) is 0 Å². The standard InChI is InChI=1S/C12H22O6/c13-8-6-17-12(4-2-1-3-5-12)18-7-9(14)11(16)10(8)15/h8-11,13-16H,1-7H2/t8-,9?,10-,11?/m0/s1. The lowest BCUT2D eigenvalue weighted by Gasteiger charge is -2.37. The van der Waals surface area contributed by atoms with Gasteiger partial charge in [0.2, 0.25) is 0 Å². The van der Waals surface area contributed by atoms with E-state index < -0.39 is 30.2 Å². The van der Waals surface area contributed by atoms with E-state index in [-0.39, 0.29) is 13.2 Å². The molecular weight excluding hydrogens is 240 g/mol. The number of ether oxygens (including phenoxy) is 2. The van der Waals surface area contributed by atoms with Gasteiger partial charge < -0.3 is 29.9 Å². The van der Waals surface area contributed by atoms with E-state index in [0.29, 0.717) is 12.8 Å². The van der Waals surface area contributed by atoms with Gasteiger partial charge in [-0.1, -0.05) is 6.42 Å². The van der Waals surface area contributed by atoms with Crippen LogP contribution in [-0.2, 0) is 9.47 Å². The van der Waals surface area contributed by atoms with Gasteiger partial charge in [0.15, 0.2) is 5.79 Å². The van der Waals surface area contributed by atoms with Gasteiger partial charge in [-0.05, 0) is 12.8 Å². The Morgan fingerprint density at radius 1 is 0.722 bits per heavy atom. The Bertz CT molecular complexity index is 245. The van der Waals surface area contributed by atoms with Crippen LogP contribution >= 0.6 is 0 Å². The van der Waals surface area contributed by atoms with Gasteiger partial charge >= 0.3 is 0 Å². The average molecular weight is 262 g/mol. The fraction of sp³-hybridized carbons (Fsp3) is 1.00. The lowest BCUT2D eigenvalue weighted by atomic mass is 9.94. The van der Waals surface area contributed by atoms with Crippen molar-refractivity contribution in [2.24, 2.45) is 0 Å². The van der Waals surface area contributed by atoms with Gasteiger partial charge in [-0.2, -0.15) is 0 Å². The highest BCUT2D eigenvalue weighted by molar-refractivity contribution is 4.85. The maximum absolute atomic E-state index is 9.71. The van der Waals surface area contributed by atoms with E-state index in [2.05, 4.69) is 0 Å². The smallest absolute Gasteiger partial charge is 0.168 e. The molecule has 0 aromatic heterocycles. The van der Waals surface area contributed by atoms with Gasteiger partial charge in [0, 0.05) is 12.8 Å². The van der Waals surface area contributed by atoms with Gasteiger partial charge in [0.05, 0.1) is 13.2 Å². The number of aliphatic hydroxyl groups is 4. The molecule has 4 N–H and O–H groups in total. The summed E-state index contributed by atoms with van der Waals surface area (Å²) in [7, 11) is 0. The molecule has 4 atom stereocenters. The largest absolute Gasteiger partial charge is 0.388 e. The van der Waals surface area contributed by atoms with Gasteiger partial charge in [-0.15, -0.1) is 0 Å². The highest BCUT2D eigenvalue weighted by Crippen LogP contribution is 2.34. The first-order valence-electron chi connectivity index (χ1n) is 6.54. The van der Waals surface area contributed by atoms with Crippen molar-refractivity contribution in [3.63, 3.8) is 0 Å². The van der Waals surface area contributed by atoms with Crippen LogP contribution in [0.2, 0.25) is 0 Å². The minimum atomic E-state index is -1.43. The molecule has 1 saturated heterocycles. The van der Waals surface area contributed by atoms with Gasteiger partial charge in [0.1, 0.15) is 24.4 Å². The fourth-order valence-corrected chi connectivity index (χ4v) is 2.55. The van der Waals surface area contributed by atoms with E-state index in [0.717, 1.165) is 19.3 Å². The summed E-state index contributed by atoms with van der Waals surface area (Å²) in [6.45, 7) is -0.212. The second-order valence-electron chi connectivity index (χ2n) is 5.21. The summed E-state index contributed by atoms with van der Waals surface area (Å²) in [5, 5.41) is 38.7. The van der Waals surface area contributed by atoms with Crippen molar-refractivity contribution in [2.45, 2.75) is 62.3 Å². The zero-order chi connectivity index (χ0) is 13.2. The third-order valence-corrected chi connectivity index (χ3v) is 3.79. The predicted molar refractivity (Wildman–Crippen MR) is 61.7 cm³/mol. The van der Waals surface area contributed by atoms with Crippen molar-refractivity contribution < 1.29 is 29.9 Å². The van der Waals surface area contributed by atoms with Crippen molar-refractivity contribution in [1.29, 1.82) is 0 Å². The van der Waals surface area contributed by atoms with Gasteiger partial charge in [-0.3, -0.25) is 0 Å². The molecule has 2 fully saturated rings. The molecule has 1 aliphatic carbocycles. The van der Waals surface area contributed by atoms with E-state index >= 15 is 0 Å². The Hall–Kier alpha value is -0.240. The Labute approximate surface area is 106 Å². The molecule has 2 unspecified atom stereocenters. The maximum atomic E-state index is 9.71. The number of hydrogen-bond acceptors (Lipinski definition) is 6. The molecule has 1 spiro atoms. The van der Waals surface area contributed by atoms with Crippen LogP contribution < -0.4 is 0 Å². The molecular formula is C12H22O6. The van der Waals surface area contributed by atoms with Crippen LogP contribution in [-0.4, -0.2) is 63.8 Å². The molecule has 2 rings (SSSR count). The van der Waals surface area contributed by atoms with Crippen molar-refractivity contribution in [1.82, 2.24) is 0 Å². The average Bonchev–Trinajstić information content (AvgIpc) is 2.43. The lowest BCUT2D eigenvalue weighted by molar-refractivity contribution is -0.265. The van der Waals surface area contributed by atoms with Crippen LogP contribution in [0.25, 0.3) is 0 Å². The zero-order valence-corrected chi connectivity index (χ0v) is 10.4. The molecule has 6 heteroatoms. The van der Waals surface area contributed by atoms with Crippen LogP contribution in [0.4, 0.5) is 0 Å². The molecule has 0 amide bonds. The number of hydrogen-bond donors (Lipinski definition) is 4. The summed E-state index contributed by atoms with van der Waals surface area (Å²) in [5.41, 5.74) is 0. The first-order chi connectivity index (χ1) is 8.54. The number of rotatable bonds is 0. The van der Waals surface area contributed by atoms with E-state index in [1.165, 1.54) is 0 Å². The molecule has 0 radical (unpaired) electrons. The summed E-state index contributed by atoms with van der Waals surface area (Å²) >= 11 is 0. The normalized spacial score (nSPS) is 42.0. The van der Waals surface area contributed by atoms with Gasteiger partial charge in [-0.25, -0.2) is 0 Å². The first kappa shape index (κ1) is 14.2. The van der Waals surface area contributed by atoms with Crippen molar-refractivity contribution >= 4 is 0 Å². The van der Waals surface area contributed by atoms with Crippen LogP contribution in [0.5, 0.6) is 0 Å². The second-order valence-corrected chi connectivity index (χ2v) is 5.21. The summed E-state index contributed by atoms with van der Waals surface area (Å²) < 4.78 is 11.2. The maximum Gasteiger partial charge on any atom is 0.168 e. The minimum Gasteiger partial charge on any atom is -0.388 e. The lowest BCUT2D eigenvalue weighted by Crippen LogP contribution is -2.46. The highest BCUT2D eigenvalue weighted by Gasteiger charge is 2.40. The molecule has 1 saturated carbocycles. The topological polar surface area (TPSA) is 99.4 Å². The van der Waals surface area contributed by atoms with Crippen LogP contribution in [0, 0.1) is 0 Å². The van der Waals surface area contributed by atoms with E-state index in [4.69, 9.17) is 9.47 Å². The van der Waals surface area contributed by atoms with E-state index in [1.54, 1.807) is 0 Å². The Balaban J connectivity index is 2.08. The predicted octanol–water partition coefficient (Wildman–Crippen LogP) is -0.863. The molecule has 0 bridgehead atoms. The monoisotopic (exact) mass is 262 g/mol. The summed E-state index contributed by atoms with van der Waals surface area (Å²) in [6, 6.07) is 0. The molecule has 2 aliphatic rings. The Morgan fingerprint density at radius 2 is 1.17 bits per heavy atom. The van der Waals surface area contributed by atoms with E-state index in [1.807, 2.05) is 0 Å². The Morgan fingerprint density at radius 3 is 1.61 bits per heavy atom. The molecule has 1 heterocycles. The van der Waals surface area contributed by atoms with E-state index in [9.17, 15) is 20.4 Å². The molecule has 1 aliphatic heterocycles. The molecule has 6 nitrogen and oxygen atoms in total. The van der Waals surface area contributed by atoms with Crippen LogP contribution in [0.1, 0.15) is 32.1 Å². The first-order valence-corrected chi connectivity index (χ1v) is 6.54. The molecule has 18 heavy (non-hydrogen) atoms. The van der Waals surface area contributed by atoms with Gasteiger partial charge in [0.25, 0.3) is 0 Å². The van der Waals surface area contributed by atoms with Crippen molar-refractivity contribution in [3.8, 4) is 0 Å². The third-order valence-electron chi connectivity index (χ3n) is 3.79. The molecule has 0 aromatic carbocycles. The van der Waals surface area contributed by atoms with Crippen molar-refractivity contribution in [2.75, 3.05) is 13.2 Å². The minimum absolute atomic E-state index is 0.106. The summed E-state index contributed by atoms with van der Waals surface area (Å²) in [4.78, 5) is 0. The quantitative estimate of drug-likeness (QED) is 0.453. The third kappa shape index (κ3) is 3.01. The highest BCUT2D eigenvalue weighted by atomic mass is 16.7. The zero-order valence-electron chi connectivity index (χ0n) is 10.4. The Kier molecular flexibility index (Phi) is 4.58. The SMILES string of the molecule is OC1COC2(CCCCC2)OC[C@H](O)[C@H](O)C1O. The number of aliphatic hydroxyl groups excluding tert-OH is 4. The van der Waals surface area contributed by atoms with Crippen LogP contribution in [0.3, 0.4) is 0 Å². The fourth-order valence-electron chi connectivity index (χ4n) is 2.55.